The molecular weight excluding hydrogens is 228 g/mol. The number of aromatic nitrogens is 1. The van der Waals surface area contributed by atoms with Crippen molar-refractivity contribution in [2.24, 2.45) is 0 Å². The van der Waals surface area contributed by atoms with E-state index in [1.165, 1.54) is 25.3 Å². The zero-order valence-electron chi connectivity index (χ0n) is 9.45. The van der Waals surface area contributed by atoms with Gasteiger partial charge in [-0.15, -0.1) is 0 Å². The Morgan fingerprint density at radius 1 is 1.65 bits per heavy atom. The fourth-order valence-electron chi connectivity index (χ4n) is 1.09. The molecule has 0 saturated heterocycles. The fraction of sp³-hybridized carbons (Fsp3) is 0.400. The average Bonchev–Trinajstić information content (AvgIpc) is 2.29. The van der Waals surface area contributed by atoms with Crippen LogP contribution < -0.4 is 4.74 Å². The van der Waals surface area contributed by atoms with Crippen molar-refractivity contribution in [1.29, 1.82) is 0 Å². The molecule has 1 heterocycles. The smallest absolute Gasteiger partial charge is 0.347 e. The van der Waals surface area contributed by atoms with Gasteiger partial charge in [-0.2, -0.15) is 0 Å². The summed E-state index contributed by atoms with van der Waals surface area (Å²) in [7, 11) is 0. The molecule has 1 aromatic heterocycles. The van der Waals surface area contributed by atoms with Crippen molar-refractivity contribution in [2.45, 2.75) is 20.0 Å². The van der Waals surface area contributed by atoms with Gasteiger partial charge in [0.15, 0.2) is 6.10 Å². The lowest BCUT2D eigenvalue weighted by molar-refractivity contribution is -0.386. The number of ether oxygens (including phenoxy) is 2. The molecule has 0 aliphatic carbocycles. The van der Waals surface area contributed by atoms with Crippen LogP contribution in [0.15, 0.2) is 18.3 Å². The van der Waals surface area contributed by atoms with Gasteiger partial charge in [-0.05, 0) is 19.9 Å². The minimum atomic E-state index is -0.941. The number of nitrogens with zero attached hydrogens (tertiary/aromatic N) is 2. The van der Waals surface area contributed by atoms with Gasteiger partial charge in [0, 0.05) is 12.3 Å². The van der Waals surface area contributed by atoms with E-state index in [4.69, 9.17) is 9.47 Å². The zero-order valence-corrected chi connectivity index (χ0v) is 9.45. The summed E-state index contributed by atoms with van der Waals surface area (Å²) in [5, 5.41) is 10.7. The summed E-state index contributed by atoms with van der Waals surface area (Å²) in [6.45, 7) is 3.32. The number of pyridine rings is 1. The van der Waals surface area contributed by atoms with E-state index in [9.17, 15) is 14.9 Å². The van der Waals surface area contributed by atoms with Crippen LogP contribution in [0, 0.1) is 10.1 Å². The van der Waals surface area contributed by atoms with E-state index in [0.29, 0.717) is 0 Å². The first-order chi connectivity index (χ1) is 8.06. The van der Waals surface area contributed by atoms with Crippen LogP contribution in [-0.4, -0.2) is 28.6 Å². The fourth-order valence-corrected chi connectivity index (χ4v) is 1.09. The van der Waals surface area contributed by atoms with Crippen LogP contribution in [0.3, 0.4) is 0 Å². The Morgan fingerprint density at radius 3 is 2.94 bits per heavy atom. The lowest BCUT2D eigenvalue weighted by Gasteiger charge is -2.11. The Kier molecular flexibility index (Phi) is 4.38. The molecule has 0 aromatic carbocycles. The van der Waals surface area contributed by atoms with E-state index in [1.807, 2.05) is 0 Å². The monoisotopic (exact) mass is 240 g/mol. The maximum absolute atomic E-state index is 11.3. The number of carbonyl (C=O) groups is 1. The van der Waals surface area contributed by atoms with E-state index in [1.54, 1.807) is 6.92 Å². The summed E-state index contributed by atoms with van der Waals surface area (Å²) >= 11 is 0. The minimum absolute atomic E-state index is 0.196. The van der Waals surface area contributed by atoms with Crippen LogP contribution >= 0.6 is 0 Å². The first-order valence-electron chi connectivity index (χ1n) is 4.99. The predicted octanol–water partition coefficient (Wildman–Crippen LogP) is 1.32. The average molecular weight is 240 g/mol. The van der Waals surface area contributed by atoms with Crippen molar-refractivity contribution in [3.63, 3.8) is 0 Å². The van der Waals surface area contributed by atoms with Gasteiger partial charge < -0.3 is 9.47 Å². The van der Waals surface area contributed by atoms with Crippen molar-refractivity contribution >= 4 is 11.7 Å². The first kappa shape index (κ1) is 12.9. The highest BCUT2D eigenvalue weighted by molar-refractivity contribution is 5.74. The molecule has 7 heteroatoms. The summed E-state index contributed by atoms with van der Waals surface area (Å²) in [6.07, 6.45) is 0.406. The Labute approximate surface area is 97.5 Å². The van der Waals surface area contributed by atoms with Crippen LogP contribution in [0.1, 0.15) is 13.8 Å². The van der Waals surface area contributed by atoms with Gasteiger partial charge in [0.25, 0.3) is 5.88 Å². The lowest BCUT2D eigenvalue weighted by atomic mass is 10.4. The highest BCUT2D eigenvalue weighted by atomic mass is 16.6. The standard InChI is InChI=1S/C10H12N2O5/c1-3-16-10(13)7(2)17-9-8(12(14)15)5-4-6-11-9/h4-7H,3H2,1-2H3/t7-/m1/s1. The Morgan fingerprint density at radius 2 is 2.35 bits per heavy atom. The molecule has 0 saturated carbocycles. The summed E-state index contributed by atoms with van der Waals surface area (Å²) < 4.78 is 9.81. The molecule has 0 amide bonds. The Hall–Kier alpha value is -2.18. The molecule has 0 unspecified atom stereocenters. The molecule has 0 bridgehead atoms. The van der Waals surface area contributed by atoms with Crippen LogP contribution in [0.25, 0.3) is 0 Å². The second kappa shape index (κ2) is 5.78. The number of hydrogen-bond acceptors (Lipinski definition) is 6. The van der Waals surface area contributed by atoms with E-state index >= 15 is 0 Å². The molecule has 0 fully saturated rings. The van der Waals surface area contributed by atoms with E-state index in [-0.39, 0.29) is 18.2 Å². The van der Waals surface area contributed by atoms with Gasteiger partial charge in [-0.1, -0.05) is 0 Å². The van der Waals surface area contributed by atoms with Gasteiger partial charge >= 0.3 is 11.7 Å². The van der Waals surface area contributed by atoms with Crippen molar-refractivity contribution in [1.82, 2.24) is 4.98 Å². The molecule has 1 rings (SSSR count). The molecular formula is C10H12N2O5. The molecule has 0 spiro atoms. The second-order valence-corrected chi connectivity index (χ2v) is 3.10. The third kappa shape index (κ3) is 3.40. The highest BCUT2D eigenvalue weighted by Gasteiger charge is 2.22. The number of hydrogen-bond donors (Lipinski definition) is 0. The van der Waals surface area contributed by atoms with Crippen molar-refractivity contribution in [2.75, 3.05) is 6.61 Å². The SMILES string of the molecule is CCOC(=O)[C@@H](C)Oc1ncccc1[N+](=O)[O-]. The van der Waals surface area contributed by atoms with Gasteiger partial charge in [-0.25, -0.2) is 9.78 Å². The van der Waals surface area contributed by atoms with Gasteiger partial charge in [-0.3, -0.25) is 10.1 Å². The minimum Gasteiger partial charge on any atom is -0.463 e. The number of rotatable bonds is 5. The topological polar surface area (TPSA) is 91.6 Å². The Bertz CT molecular complexity index is 421. The van der Waals surface area contributed by atoms with E-state index in [0.717, 1.165) is 0 Å². The van der Waals surface area contributed by atoms with Crippen molar-refractivity contribution in [3.05, 3.63) is 28.4 Å². The van der Waals surface area contributed by atoms with E-state index < -0.39 is 17.0 Å². The van der Waals surface area contributed by atoms with Gasteiger partial charge in [0.05, 0.1) is 11.5 Å². The van der Waals surface area contributed by atoms with Gasteiger partial charge in [0.2, 0.25) is 0 Å². The maximum atomic E-state index is 11.3. The second-order valence-electron chi connectivity index (χ2n) is 3.10. The normalized spacial score (nSPS) is 11.6. The molecule has 92 valence electrons. The Balaban J connectivity index is 2.81. The summed E-state index contributed by atoms with van der Waals surface area (Å²) in [4.78, 5) is 25.0. The van der Waals surface area contributed by atoms with Crippen LogP contribution in [-0.2, 0) is 9.53 Å². The first-order valence-corrected chi connectivity index (χ1v) is 4.99. The third-order valence-electron chi connectivity index (χ3n) is 1.85. The molecule has 0 aliphatic rings. The molecule has 0 radical (unpaired) electrons. The third-order valence-corrected chi connectivity index (χ3v) is 1.85. The number of carbonyl (C=O) groups excluding carboxylic acids is 1. The van der Waals surface area contributed by atoms with Gasteiger partial charge in [0.1, 0.15) is 0 Å². The number of esters is 1. The van der Waals surface area contributed by atoms with E-state index in [2.05, 4.69) is 4.98 Å². The summed E-state index contributed by atoms with van der Waals surface area (Å²) in [5.41, 5.74) is -0.288. The van der Waals surface area contributed by atoms with Crippen molar-refractivity contribution < 1.29 is 19.2 Å². The largest absolute Gasteiger partial charge is 0.463 e. The molecule has 0 N–H and O–H groups in total. The van der Waals surface area contributed by atoms with Crippen LogP contribution in [0.4, 0.5) is 5.69 Å². The lowest BCUT2D eigenvalue weighted by Crippen LogP contribution is -2.26. The summed E-state index contributed by atoms with van der Waals surface area (Å²) in [6, 6.07) is 2.67. The van der Waals surface area contributed by atoms with Crippen LogP contribution in [0.2, 0.25) is 0 Å². The molecule has 17 heavy (non-hydrogen) atoms. The molecule has 7 nitrogen and oxygen atoms in total. The maximum Gasteiger partial charge on any atom is 0.347 e. The number of nitro groups is 1. The predicted molar refractivity (Wildman–Crippen MR) is 57.6 cm³/mol. The van der Waals surface area contributed by atoms with Crippen LogP contribution in [0.5, 0.6) is 5.88 Å². The summed E-state index contributed by atoms with van der Waals surface area (Å²) in [5.74, 6) is -0.787. The quantitative estimate of drug-likeness (QED) is 0.438. The molecule has 1 aromatic rings. The molecule has 1 atom stereocenters. The highest BCUT2D eigenvalue weighted by Crippen LogP contribution is 2.23. The van der Waals surface area contributed by atoms with Crippen molar-refractivity contribution in [3.8, 4) is 5.88 Å². The molecule has 0 aliphatic heterocycles. The zero-order chi connectivity index (χ0) is 12.8.